The highest BCUT2D eigenvalue weighted by molar-refractivity contribution is 7.12. The van der Waals surface area contributed by atoms with Crippen molar-refractivity contribution < 1.29 is 38.2 Å². The Hall–Kier alpha value is -4.17. The molecule has 3 N–H and O–H groups in total. The normalized spacial score (nSPS) is 14.7. The minimum Gasteiger partial charge on any atom is -0.469 e. The number of ether oxygens (including phenoxy) is 2. The highest BCUT2D eigenvalue weighted by atomic mass is 32.1. The van der Waals surface area contributed by atoms with Gasteiger partial charge in [0, 0.05) is 62.7 Å². The molecule has 0 spiro atoms. The van der Waals surface area contributed by atoms with E-state index in [0.29, 0.717) is 35.7 Å². The van der Waals surface area contributed by atoms with Crippen molar-refractivity contribution in [1.82, 2.24) is 25.8 Å². The molecule has 0 bridgehead atoms. The van der Waals surface area contributed by atoms with Crippen molar-refractivity contribution in [2.24, 2.45) is 23.7 Å². The maximum absolute atomic E-state index is 14.1. The van der Waals surface area contributed by atoms with Gasteiger partial charge in [-0.2, -0.15) is 0 Å². The number of carbonyl (C=O) groups excluding carboxylic acids is 6. The van der Waals surface area contributed by atoms with Gasteiger partial charge in [0.2, 0.25) is 11.8 Å². The Morgan fingerprint density at radius 3 is 2.05 bits per heavy atom. The van der Waals surface area contributed by atoms with Gasteiger partial charge in [0.1, 0.15) is 22.5 Å². The monoisotopic (exact) mass is 799 g/mol. The number of ketones is 1. The number of Topliss-reactive ketones (excluding diaryl/α,β-unsaturated/α-hetero) is 1. The molecule has 1 aromatic heterocycles. The number of carbonyl (C=O) groups is 6. The Morgan fingerprint density at radius 2 is 1.52 bits per heavy atom. The lowest BCUT2D eigenvalue weighted by Gasteiger charge is -2.36. The van der Waals surface area contributed by atoms with E-state index in [1.54, 1.807) is 32.8 Å². The van der Waals surface area contributed by atoms with E-state index in [1.807, 2.05) is 71.9 Å². The third kappa shape index (κ3) is 14.7. The maximum Gasteiger partial charge on any atom is 0.308 e. The number of hydrogen-bond acceptors (Lipinski definition) is 11. The van der Waals surface area contributed by atoms with Crippen LogP contribution in [0.3, 0.4) is 0 Å². The Morgan fingerprint density at radius 1 is 0.875 bits per heavy atom. The van der Waals surface area contributed by atoms with Gasteiger partial charge < -0.3 is 30.3 Å². The molecule has 0 saturated heterocycles. The van der Waals surface area contributed by atoms with E-state index in [-0.39, 0.29) is 59.9 Å². The van der Waals surface area contributed by atoms with Crippen LogP contribution in [0.1, 0.15) is 126 Å². The molecule has 0 aliphatic heterocycles. The van der Waals surface area contributed by atoms with E-state index in [4.69, 9.17) is 14.5 Å². The molecule has 2 rings (SSSR count). The molecule has 1 heterocycles. The zero-order chi connectivity index (χ0) is 42.3. The molecule has 6 atom stereocenters. The van der Waals surface area contributed by atoms with Crippen molar-refractivity contribution in [2.75, 3.05) is 27.7 Å². The first kappa shape index (κ1) is 48.0. The number of nitrogens with zero attached hydrogens (tertiary/aromatic N) is 2. The van der Waals surface area contributed by atoms with Gasteiger partial charge in [0.25, 0.3) is 5.91 Å². The van der Waals surface area contributed by atoms with Gasteiger partial charge in [-0.3, -0.25) is 28.8 Å². The molecule has 0 aliphatic rings. The molecule has 3 amide bonds. The van der Waals surface area contributed by atoms with Crippen molar-refractivity contribution in [3.63, 3.8) is 0 Å². The smallest absolute Gasteiger partial charge is 0.308 e. The van der Waals surface area contributed by atoms with E-state index in [2.05, 4.69) is 16.0 Å². The van der Waals surface area contributed by atoms with Crippen LogP contribution in [-0.4, -0.2) is 91.2 Å². The van der Waals surface area contributed by atoms with Gasteiger partial charge in [0.05, 0.1) is 13.0 Å². The van der Waals surface area contributed by atoms with Crippen LogP contribution in [0.4, 0.5) is 0 Å². The largest absolute Gasteiger partial charge is 0.469 e. The van der Waals surface area contributed by atoms with Crippen molar-refractivity contribution >= 4 is 46.8 Å². The van der Waals surface area contributed by atoms with Gasteiger partial charge in [-0.05, 0) is 43.2 Å². The molecule has 0 aliphatic carbocycles. The first-order valence-electron chi connectivity index (χ1n) is 19.6. The first-order valence-corrected chi connectivity index (χ1v) is 20.5. The average molecular weight is 800 g/mol. The summed E-state index contributed by atoms with van der Waals surface area (Å²) in [5.74, 6) is -3.55. The number of thiazole rings is 1. The molecule has 0 saturated carbocycles. The third-order valence-corrected chi connectivity index (χ3v) is 11.3. The molecule has 0 fully saturated rings. The van der Waals surface area contributed by atoms with Crippen LogP contribution in [0.25, 0.3) is 0 Å². The van der Waals surface area contributed by atoms with Crippen LogP contribution < -0.4 is 16.0 Å². The van der Waals surface area contributed by atoms with Crippen LogP contribution in [0.5, 0.6) is 0 Å². The lowest BCUT2D eigenvalue weighted by Crippen LogP contribution is -2.54. The first-order chi connectivity index (χ1) is 26.3. The zero-order valence-corrected chi connectivity index (χ0v) is 36.2. The summed E-state index contributed by atoms with van der Waals surface area (Å²) in [5, 5.41) is 9.37. The van der Waals surface area contributed by atoms with Gasteiger partial charge in [-0.1, -0.05) is 85.7 Å². The van der Waals surface area contributed by atoms with Gasteiger partial charge >= 0.3 is 11.9 Å². The summed E-state index contributed by atoms with van der Waals surface area (Å²) in [6.07, 6.45) is 0.535. The molecule has 2 aromatic rings. The fourth-order valence-corrected chi connectivity index (χ4v) is 7.71. The lowest BCUT2D eigenvalue weighted by molar-refractivity contribution is -0.149. The molecule has 0 radical (unpaired) electrons. The predicted octanol–water partition coefficient (Wildman–Crippen LogP) is 5.63. The van der Waals surface area contributed by atoms with Gasteiger partial charge in [0.15, 0.2) is 6.10 Å². The second-order valence-electron chi connectivity index (χ2n) is 15.8. The van der Waals surface area contributed by atoms with Gasteiger partial charge in [-0.15, -0.1) is 11.3 Å². The highest BCUT2D eigenvalue weighted by Gasteiger charge is 2.36. The summed E-state index contributed by atoms with van der Waals surface area (Å²) < 4.78 is 10.8. The van der Waals surface area contributed by atoms with E-state index in [0.717, 1.165) is 5.56 Å². The van der Waals surface area contributed by atoms with Crippen LogP contribution in [0.2, 0.25) is 0 Å². The summed E-state index contributed by atoms with van der Waals surface area (Å²) in [6, 6.07) is 7.97. The summed E-state index contributed by atoms with van der Waals surface area (Å²) in [5.41, 5.74) is 1.21. The van der Waals surface area contributed by atoms with E-state index < -0.39 is 47.9 Å². The Labute approximate surface area is 337 Å². The number of nitrogens with one attached hydrogen (secondary N) is 3. The lowest BCUT2D eigenvalue weighted by atomic mass is 9.94. The van der Waals surface area contributed by atoms with Crippen LogP contribution in [-0.2, 0) is 39.9 Å². The molecular weight excluding hydrogens is 735 g/mol. The van der Waals surface area contributed by atoms with Crippen LogP contribution >= 0.6 is 11.3 Å². The zero-order valence-electron chi connectivity index (χ0n) is 35.4. The average Bonchev–Trinajstić information content (AvgIpc) is 3.60. The minimum atomic E-state index is -0.880. The van der Waals surface area contributed by atoms with Crippen LogP contribution in [0, 0.1) is 23.7 Å². The second kappa shape index (κ2) is 23.2. The van der Waals surface area contributed by atoms with E-state index in [9.17, 15) is 28.8 Å². The molecule has 56 heavy (non-hydrogen) atoms. The maximum atomic E-state index is 14.1. The molecular formula is C42H65N5O8S. The summed E-state index contributed by atoms with van der Waals surface area (Å²) in [7, 11) is 4.77. The molecule has 13 nitrogen and oxygen atoms in total. The molecule has 312 valence electrons. The number of methoxy groups -OCH3 is 1. The number of likely N-dealkylation sites (N-methyl/N-ethyl adjacent to an activating group) is 1. The fraction of sp³-hybridized carbons (Fsp3) is 0.643. The van der Waals surface area contributed by atoms with E-state index >= 15 is 0 Å². The second-order valence-corrected chi connectivity index (χ2v) is 16.8. The van der Waals surface area contributed by atoms with E-state index in [1.165, 1.54) is 25.4 Å². The Balaban J connectivity index is 2.42. The van der Waals surface area contributed by atoms with Gasteiger partial charge in [-0.25, -0.2) is 4.98 Å². The summed E-state index contributed by atoms with van der Waals surface area (Å²) in [6.45, 7) is 16.8. The number of rotatable bonds is 23. The minimum absolute atomic E-state index is 0.0356. The van der Waals surface area contributed by atoms with Crippen LogP contribution in [0.15, 0.2) is 30.3 Å². The number of amides is 3. The number of aromatic nitrogens is 1. The van der Waals surface area contributed by atoms with Crippen molar-refractivity contribution in [3.8, 4) is 0 Å². The van der Waals surface area contributed by atoms with Crippen molar-refractivity contribution in [1.29, 1.82) is 0 Å². The summed E-state index contributed by atoms with van der Waals surface area (Å²) >= 11 is 1.29. The Bertz CT molecular complexity index is 1610. The number of benzene rings is 1. The third-order valence-electron chi connectivity index (χ3n) is 9.83. The number of esters is 2. The van der Waals surface area contributed by atoms with Crippen molar-refractivity contribution in [3.05, 3.63) is 51.5 Å². The molecule has 0 unspecified atom stereocenters. The number of hydrogen-bond donors (Lipinski definition) is 3. The standard InChI is InChI=1S/C42H65N5O8S/c1-24(2)33(47(11)41(52)35(25(3)4)45-38(50)27(7)21-32(49)18-19-43-10)23-34(55-29(9)48)40-46-36(37(56-40)26(5)6)39(51)44-31(20-28(8)42(53)54-12)22-30-16-14-13-15-17-30/h13-17,24-28,31,33-35,43H,18-23H2,1-12H3,(H,44,51)(H,45,50)/t27-,28+,31-,33-,34-,35+/m1/s1. The molecule has 14 heteroatoms. The summed E-state index contributed by atoms with van der Waals surface area (Å²) in [4.78, 5) is 85.8. The molecule has 1 aromatic carbocycles. The van der Waals surface area contributed by atoms with Crippen molar-refractivity contribution in [2.45, 2.75) is 125 Å². The fourth-order valence-electron chi connectivity index (χ4n) is 6.60. The highest BCUT2D eigenvalue weighted by Crippen LogP contribution is 2.36. The SMILES string of the molecule is CNCCC(=O)C[C@@H](C)C(=O)N[C@H](C(=O)N(C)[C@H](C[C@@H](OC(C)=O)c1nc(C(=O)N[C@@H](Cc2ccccc2)C[C@H](C)C(=O)OC)c(C(C)C)s1)C(C)C)C(C)C. The Kier molecular flexibility index (Phi) is 19.8. The quantitative estimate of drug-likeness (QED) is 0.120. The topological polar surface area (TPSA) is 173 Å². The predicted molar refractivity (Wildman–Crippen MR) is 218 cm³/mol.